The first-order valence-corrected chi connectivity index (χ1v) is 7.22. The minimum Gasteiger partial charge on any atom is -0.462 e. The Labute approximate surface area is 113 Å². The molecular formula is C13H20N2O2S. The van der Waals surface area contributed by atoms with Crippen molar-refractivity contribution >= 4 is 17.7 Å². The molecule has 5 heteroatoms. The molecule has 100 valence electrons. The number of nitrogens with two attached hydrogens (primary N) is 1. The third-order valence-electron chi connectivity index (χ3n) is 3.20. The van der Waals surface area contributed by atoms with E-state index in [1.165, 1.54) is 25.7 Å². The molecule has 1 fully saturated rings. The maximum atomic E-state index is 11.6. The van der Waals surface area contributed by atoms with Crippen molar-refractivity contribution in [2.24, 2.45) is 11.7 Å². The van der Waals surface area contributed by atoms with Crippen molar-refractivity contribution in [1.29, 1.82) is 5.26 Å². The molecule has 0 amide bonds. The highest BCUT2D eigenvalue weighted by Gasteiger charge is 2.19. The van der Waals surface area contributed by atoms with E-state index in [1.54, 1.807) is 6.92 Å². The van der Waals surface area contributed by atoms with Gasteiger partial charge in [-0.2, -0.15) is 5.26 Å². The number of thiocyanates is 1. The fourth-order valence-electron chi connectivity index (χ4n) is 2.25. The summed E-state index contributed by atoms with van der Waals surface area (Å²) in [6, 6.07) is 0. The van der Waals surface area contributed by atoms with Crippen molar-refractivity contribution < 1.29 is 9.53 Å². The number of nitrogens with zero attached hydrogens (tertiary/aromatic N) is 1. The highest BCUT2D eigenvalue weighted by molar-refractivity contribution is 8.08. The molecule has 1 aliphatic rings. The van der Waals surface area contributed by atoms with Crippen LogP contribution in [0.4, 0.5) is 0 Å². The van der Waals surface area contributed by atoms with Crippen molar-refractivity contribution in [1.82, 2.24) is 0 Å². The summed E-state index contributed by atoms with van der Waals surface area (Å²) >= 11 is 0.801. The zero-order valence-electron chi connectivity index (χ0n) is 10.8. The second kappa shape index (κ2) is 8.04. The van der Waals surface area contributed by atoms with Gasteiger partial charge in [-0.05, 0) is 37.4 Å². The van der Waals surface area contributed by atoms with Crippen LogP contribution in [0.1, 0.15) is 45.4 Å². The van der Waals surface area contributed by atoms with Gasteiger partial charge in [0.1, 0.15) is 10.3 Å². The van der Waals surface area contributed by atoms with Gasteiger partial charge in [0.15, 0.2) is 0 Å². The molecule has 0 radical (unpaired) electrons. The zero-order valence-corrected chi connectivity index (χ0v) is 11.6. The lowest BCUT2D eigenvalue weighted by atomic mass is 10.0. The van der Waals surface area contributed by atoms with Gasteiger partial charge in [0.25, 0.3) is 0 Å². The predicted octanol–water partition coefficient (Wildman–Crippen LogP) is 2.90. The summed E-state index contributed by atoms with van der Waals surface area (Å²) in [4.78, 5) is 11.9. The smallest absolute Gasteiger partial charge is 0.347 e. The van der Waals surface area contributed by atoms with Crippen molar-refractivity contribution in [2.75, 3.05) is 6.61 Å². The molecule has 0 heterocycles. The van der Waals surface area contributed by atoms with E-state index in [0.717, 1.165) is 24.1 Å². The van der Waals surface area contributed by atoms with E-state index < -0.39 is 5.97 Å². The second-order valence-corrected chi connectivity index (χ2v) is 5.25. The van der Waals surface area contributed by atoms with Crippen LogP contribution in [0.5, 0.6) is 0 Å². The third-order valence-corrected chi connectivity index (χ3v) is 3.92. The third kappa shape index (κ3) is 4.61. The minimum absolute atomic E-state index is 0.261. The lowest BCUT2D eigenvalue weighted by molar-refractivity contribution is -0.137. The maximum Gasteiger partial charge on any atom is 0.347 e. The van der Waals surface area contributed by atoms with Crippen LogP contribution in [0.25, 0.3) is 0 Å². The highest BCUT2D eigenvalue weighted by atomic mass is 32.2. The van der Waals surface area contributed by atoms with Gasteiger partial charge in [-0.1, -0.05) is 25.7 Å². The van der Waals surface area contributed by atoms with Gasteiger partial charge in [-0.3, -0.25) is 0 Å². The largest absolute Gasteiger partial charge is 0.462 e. The molecule has 18 heavy (non-hydrogen) atoms. The Balaban J connectivity index is 2.58. The second-order valence-electron chi connectivity index (χ2n) is 4.46. The molecule has 1 saturated carbocycles. The molecule has 0 aromatic carbocycles. The number of carbonyl (C=O) groups excluding carboxylic acids is 1. The van der Waals surface area contributed by atoms with Gasteiger partial charge < -0.3 is 10.5 Å². The molecule has 0 saturated heterocycles. The van der Waals surface area contributed by atoms with Crippen LogP contribution in [0.15, 0.2) is 10.6 Å². The van der Waals surface area contributed by atoms with E-state index >= 15 is 0 Å². The Morgan fingerprint density at radius 1 is 1.50 bits per heavy atom. The first kappa shape index (κ1) is 14.9. The number of carbonyl (C=O) groups is 1. The topological polar surface area (TPSA) is 76.1 Å². The molecule has 0 atom stereocenters. The van der Waals surface area contributed by atoms with E-state index in [4.69, 9.17) is 15.7 Å². The number of hydrogen-bond donors (Lipinski definition) is 1. The Bertz CT molecular complexity index is 354. The molecule has 1 rings (SSSR count). The Morgan fingerprint density at radius 3 is 2.72 bits per heavy atom. The minimum atomic E-state index is -0.479. The molecule has 0 unspecified atom stereocenters. The first-order chi connectivity index (χ1) is 8.69. The molecule has 0 aromatic heterocycles. The normalized spacial score (nSPS) is 17.1. The summed E-state index contributed by atoms with van der Waals surface area (Å²) in [6.07, 6.45) is 6.78. The molecule has 0 aromatic rings. The number of rotatable bonds is 6. The average molecular weight is 268 g/mol. The van der Waals surface area contributed by atoms with Crippen LogP contribution < -0.4 is 5.73 Å². The van der Waals surface area contributed by atoms with Gasteiger partial charge in [0, 0.05) is 5.70 Å². The summed E-state index contributed by atoms with van der Waals surface area (Å²) in [6.45, 7) is 2.03. The zero-order chi connectivity index (χ0) is 13.4. The van der Waals surface area contributed by atoms with E-state index in [0.29, 0.717) is 18.7 Å². The fraction of sp³-hybridized carbons (Fsp3) is 0.692. The van der Waals surface area contributed by atoms with Gasteiger partial charge in [0.2, 0.25) is 0 Å². The highest BCUT2D eigenvalue weighted by Crippen LogP contribution is 2.30. The number of allylic oxidation sites excluding steroid dienone is 1. The number of nitriles is 1. The van der Waals surface area contributed by atoms with Gasteiger partial charge in [-0.25, -0.2) is 4.79 Å². The number of thioether (sulfide) groups is 1. The van der Waals surface area contributed by atoms with E-state index in [9.17, 15) is 4.79 Å². The average Bonchev–Trinajstić information content (AvgIpc) is 2.86. The monoisotopic (exact) mass is 268 g/mol. The maximum absolute atomic E-state index is 11.6. The van der Waals surface area contributed by atoms with Crippen molar-refractivity contribution in [3.8, 4) is 5.40 Å². The Kier molecular flexibility index (Phi) is 6.66. The van der Waals surface area contributed by atoms with Gasteiger partial charge in [-0.15, -0.1) is 0 Å². The molecule has 4 nitrogen and oxygen atoms in total. The molecule has 0 aliphatic heterocycles. The standard InChI is InChI=1S/C13H20N2O2S/c1-2-17-13(16)12(18-9-14)11(15)8-7-10-5-3-4-6-10/h10H,2-8,15H2,1H3/b12-11+. The Hall–Kier alpha value is -1.15. The first-order valence-electron chi connectivity index (χ1n) is 6.40. The number of esters is 1. The van der Waals surface area contributed by atoms with Crippen molar-refractivity contribution in [3.63, 3.8) is 0 Å². The van der Waals surface area contributed by atoms with Crippen LogP contribution in [0.3, 0.4) is 0 Å². The summed E-state index contributed by atoms with van der Waals surface area (Å²) in [7, 11) is 0. The number of ether oxygens (including phenoxy) is 1. The van der Waals surface area contributed by atoms with Crippen molar-refractivity contribution in [2.45, 2.75) is 45.4 Å². The summed E-state index contributed by atoms with van der Waals surface area (Å²) in [5.41, 5.74) is 6.41. The molecule has 2 N–H and O–H groups in total. The van der Waals surface area contributed by atoms with Crippen LogP contribution in [-0.2, 0) is 9.53 Å². The molecule has 0 spiro atoms. The lowest BCUT2D eigenvalue weighted by Gasteiger charge is -2.11. The summed E-state index contributed by atoms with van der Waals surface area (Å²) in [5.74, 6) is 0.243. The van der Waals surface area contributed by atoms with Gasteiger partial charge >= 0.3 is 5.97 Å². The lowest BCUT2D eigenvalue weighted by Crippen LogP contribution is -2.12. The molecule has 1 aliphatic carbocycles. The Morgan fingerprint density at radius 2 is 2.17 bits per heavy atom. The van der Waals surface area contributed by atoms with Crippen LogP contribution in [-0.4, -0.2) is 12.6 Å². The summed E-state index contributed by atoms with van der Waals surface area (Å²) < 4.78 is 4.90. The van der Waals surface area contributed by atoms with E-state index in [2.05, 4.69) is 0 Å². The van der Waals surface area contributed by atoms with Crippen LogP contribution >= 0.6 is 11.8 Å². The van der Waals surface area contributed by atoms with Crippen molar-refractivity contribution in [3.05, 3.63) is 10.6 Å². The summed E-state index contributed by atoms with van der Waals surface area (Å²) in [5, 5.41) is 10.6. The quantitative estimate of drug-likeness (QED) is 0.455. The fourth-order valence-corrected chi connectivity index (χ4v) is 2.72. The van der Waals surface area contributed by atoms with Crippen LogP contribution in [0.2, 0.25) is 0 Å². The number of hydrogen-bond acceptors (Lipinski definition) is 5. The van der Waals surface area contributed by atoms with E-state index in [1.807, 2.05) is 5.40 Å². The SMILES string of the molecule is CCOC(=O)/C(SC#N)=C(\N)CCC1CCCC1. The molecule has 0 bridgehead atoms. The predicted molar refractivity (Wildman–Crippen MR) is 72.2 cm³/mol. The van der Waals surface area contributed by atoms with E-state index in [-0.39, 0.29) is 4.91 Å². The van der Waals surface area contributed by atoms with Crippen LogP contribution in [0, 0.1) is 16.6 Å². The molecular weight excluding hydrogens is 248 g/mol. The van der Waals surface area contributed by atoms with Gasteiger partial charge in [0.05, 0.1) is 6.61 Å².